The van der Waals surface area contributed by atoms with Crippen molar-refractivity contribution in [2.45, 2.75) is 6.18 Å². The molecular weight excluding hydrogens is 233 g/mol. The standard InChI is InChI=1S/C9H6ClF3O2/c10-8(14)6-1-3-7(4-2-6)15-5-9(11,12)13/h1-4H,5H2. The molecule has 0 saturated heterocycles. The Morgan fingerprint density at radius 3 is 2.20 bits per heavy atom. The summed E-state index contributed by atoms with van der Waals surface area (Å²) in [6.45, 7) is -1.36. The van der Waals surface area contributed by atoms with E-state index in [2.05, 4.69) is 4.74 Å². The topological polar surface area (TPSA) is 26.3 Å². The quantitative estimate of drug-likeness (QED) is 0.757. The predicted molar refractivity (Wildman–Crippen MR) is 48.2 cm³/mol. The predicted octanol–water partition coefficient (Wildman–Crippen LogP) is 3.01. The van der Waals surface area contributed by atoms with Crippen LogP contribution in [0.2, 0.25) is 0 Å². The van der Waals surface area contributed by atoms with Crippen molar-refractivity contribution in [3.8, 4) is 5.75 Å². The smallest absolute Gasteiger partial charge is 0.422 e. The molecule has 0 fully saturated rings. The first-order chi connectivity index (χ1) is 6.88. The molecule has 0 unspecified atom stereocenters. The van der Waals surface area contributed by atoms with Crippen LogP contribution >= 0.6 is 11.6 Å². The monoisotopic (exact) mass is 238 g/mol. The molecule has 0 aliphatic heterocycles. The summed E-state index contributed by atoms with van der Waals surface area (Å²) in [5.74, 6) is 0.0361. The molecule has 82 valence electrons. The number of carbonyl (C=O) groups excluding carboxylic acids is 1. The zero-order valence-corrected chi connectivity index (χ0v) is 8.10. The lowest BCUT2D eigenvalue weighted by Crippen LogP contribution is -2.19. The molecule has 1 aromatic carbocycles. The lowest BCUT2D eigenvalue weighted by molar-refractivity contribution is -0.153. The van der Waals surface area contributed by atoms with Crippen molar-refractivity contribution in [3.63, 3.8) is 0 Å². The lowest BCUT2D eigenvalue weighted by atomic mass is 10.2. The van der Waals surface area contributed by atoms with Crippen molar-refractivity contribution in [3.05, 3.63) is 29.8 Å². The zero-order chi connectivity index (χ0) is 11.5. The minimum Gasteiger partial charge on any atom is -0.484 e. The maximum Gasteiger partial charge on any atom is 0.422 e. The molecule has 0 aliphatic carbocycles. The highest BCUT2D eigenvalue weighted by atomic mass is 35.5. The number of hydrogen-bond donors (Lipinski definition) is 0. The Hall–Kier alpha value is -1.23. The fourth-order valence-corrected chi connectivity index (χ4v) is 0.973. The first-order valence-electron chi connectivity index (χ1n) is 3.88. The van der Waals surface area contributed by atoms with Crippen molar-refractivity contribution in [1.82, 2.24) is 0 Å². The van der Waals surface area contributed by atoms with Gasteiger partial charge < -0.3 is 4.74 Å². The van der Waals surface area contributed by atoms with E-state index in [4.69, 9.17) is 11.6 Å². The average Bonchev–Trinajstić information content (AvgIpc) is 2.14. The Labute approximate surface area is 88.6 Å². The van der Waals surface area contributed by atoms with Gasteiger partial charge in [0.1, 0.15) is 5.75 Å². The summed E-state index contributed by atoms with van der Waals surface area (Å²) in [5, 5.41) is -0.669. The first-order valence-corrected chi connectivity index (χ1v) is 4.26. The normalized spacial score (nSPS) is 11.2. The van der Waals surface area contributed by atoms with Crippen LogP contribution in [0.25, 0.3) is 0 Å². The Morgan fingerprint density at radius 1 is 1.27 bits per heavy atom. The van der Waals surface area contributed by atoms with E-state index in [1.165, 1.54) is 24.3 Å². The number of halogens is 4. The number of carbonyl (C=O) groups is 1. The van der Waals surface area contributed by atoms with Crippen LogP contribution in [0.15, 0.2) is 24.3 Å². The summed E-state index contributed by atoms with van der Waals surface area (Å²) in [7, 11) is 0. The number of benzene rings is 1. The van der Waals surface area contributed by atoms with Gasteiger partial charge in [0.25, 0.3) is 5.24 Å². The highest BCUT2D eigenvalue weighted by Gasteiger charge is 2.28. The molecule has 0 N–H and O–H groups in total. The van der Waals surface area contributed by atoms with E-state index in [1.807, 2.05) is 0 Å². The van der Waals surface area contributed by atoms with E-state index in [9.17, 15) is 18.0 Å². The molecule has 0 aliphatic rings. The van der Waals surface area contributed by atoms with E-state index in [0.717, 1.165) is 0 Å². The third kappa shape index (κ3) is 4.20. The van der Waals surface area contributed by atoms with Crippen LogP contribution in [0.3, 0.4) is 0 Å². The maximum absolute atomic E-state index is 11.7. The average molecular weight is 239 g/mol. The van der Waals surface area contributed by atoms with Gasteiger partial charge in [0.05, 0.1) is 0 Å². The van der Waals surface area contributed by atoms with E-state index in [0.29, 0.717) is 0 Å². The minimum atomic E-state index is -4.37. The van der Waals surface area contributed by atoms with Gasteiger partial charge in [0.2, 0.25) is 0 Å². The Morgan fingerprint density at radius 2 is 1.80 bits per heavy atom. The summed E-state index contributed by atoms with van der Waals surface area (Å²) >= 11 is 5.15. The van der Waals surface area contributed by atoms with Gasteiger partial charge in [-0.15, -0.1) is 0 Å². The maximum atomic E-state index is 11.7. The molecule has 0 heterocycles. The van der Waals surface area contributed by atoms with Gasteiger partial charge in [-0.25, -0.2) is 0 Å². The Kier molecular flexibility index (Phi) is 3.57. The second-order valence-electron chi connectivity index (χ2n) is 2.70. The van der Waals surface area contributed by atoms with E-state index >= 15 is 0 Å². The lowest BCUT2D eigenvalue weighted by Gasteiger charge is -2.08. The summed E-state index contributed by atoms with van der Waals surface area (Å²) < 4.78 is 39.7. The third-order valence-electron chi connectivity index (χ3n) is 1.48. The van der Waals surface area contributed by atoms with E-state index < -0.39 is 18.0 Å². The van der Waals surface area contributed by atoms with Gasteiger partial charge in [-0.3, -0.25) is 4.79 Å². The largest absolute Gasteiger partial charge is 0.484 e. The van der Waals surface area contributed by atoms with Crippen LogP contribution in [-0.2, 0) is 0 Å². The molecule has 0 atom stereocenters. The highest BCUT2D eigenvalue weighted by Crippen LogP contribution is 2.19. The highest BCUT2D eigenvalue weighted by molar-refractivity contribution is 6.67. The molecule has 0 aromatic heterocycles. The van der Waals surface area contributed by atoms with Crippen molar-refractivity contribution >= 4 is 16.8 Å². The Bertz CT molecular complexity index is 345. The summed E-state index contributed by atoms with van der Waals surface area (Å²) in [4.78, 5) is 10.6. The molecule has 6 heteroatoms. The van der Waals surface area contributed by atoms with Gasteiger partial charge in [-0.2, -0.15) is 13.2 Å². The molecule has 0 saturated carbocycles. The van der Waals surface area contributed by atoms with Crippen LogP contribution in [-0.4, -0.2) is 18.0 Å². The second-order valence-corrected chi connectivity index (χ2v) is 3.05. The van der Waals surface area contributed by atoms with Crippen LogP contribution in [0.4, 0.5) is 13.2 Å². The fraction of sp³-hybridized carbons (Fsp3) is 0.222. The summed E-state index contributed by atoms with van der Waals surface area (Å²) in [6.07, 6.45) is -4.37. The molecule has 0 amide bonds. The zero-order valence-electron chi connectivity index (χ0n) is 7.34. The Balaban J connectivity index is 2.61. The third-order valence-corrected chi connectivity index (χ3v) is 1.70. The number of rotatable bonds is 3. The SMILES string of the molecule is O=C(Cl)c1ccc(OCC(F)(F)F)cc1. The second kappa shape index (κ2) is 4.53. The van der Waals surface area contributed by atoms with E-state index in [1.54, 1.807) is 0 Å². The van der Waals surface area contributed by atoms with Crippen LogP contribution in [0.5, 0.6) is 5.75 Å². The molecule has 2 nitrogen and oxygen atoms in total. The first kappa shape index (κ1) is 11.8. The van der Waals surface area contributed by atoms with Gasteiger partial charge in [-0.05, 0) is 35.9 Å². The number of hydrogen-bond acceptors (Lipinski definition) is 2. The van der Waals surface area contributed by atoms with Crippen LogP contribution in [0, 0.1) is 0 Å². The number of alkyl halides is 3. The summed E-state index contributed by atoms with van der Waals surface area (Å²) in [5.41, 5.74) is 0.205. The van der Waals surface area contributed by atoms with Crippen molar-refractivity contribution in [1.29, 1.82) is 0 Å². The van der Waals surface area contributed by atoms with Crippen molar-refractivity contribution in [2.75, 3.05) is 6.61 Å². The van der Waals surface area contributed by atoms with Gasteiger partial charge in [0.15, 0.2) is 6.61 Å². The molecule has 0 bridgehead atoms. The van der Waals surface area contributed by atoms with Crippen molar-refractivity contribution < 1.29 is 22.7 Å². The van der Waals surface area contributed by atoms with Crippen LogP contribution < -0.4 is 4.74 Å². The fourth-order valence-electron chi connectivity index (χ4n) is 0.847. The summed E-state index contributed by atoms with van der Waals surface area (Å²) in [6, 6.07) is 5.09. The molecule has 1 rings (SSSR count). The van der Waals surface area contributed by atoms with Gasteiger partial charge in [0, 0.05) is 5.56 Å². The molecule has 0 radical (unpaired) electrons. The molecule has 15 heavy (non-hydrogen) atoms. The molecular formula is C9H6ClF3O2. The van der Waals surface area contributed by atoms with Crippen molar-refractivity contribution in [2.24, 2.45) is 0 Å². The number of ether oxygens (including phenoxy) is 1. The molecule has 1 aromatic rings. The molecule has 0 spiro atoms. The van der Waals surface area contributed by atoms with Gasteiger partial charge in [-0.1, -0.05) is 0 Å². The van der Waals surface area contributed by atoms with Crippen LogP contribution in [0.1, 0.15) is 10.4 Å². The van der Waals surface area contributed by atoms with E-state index in [-0.39, 0.29) is 11.3 Å². The minimum absolute atomic E-state index is 0.0361. The van der Waals surface area contributed by atoms with Gasteiger partial charge >= 0.3 is 6.18 Å².